The Morgan fingerprint density at radius 1 is 1.29 bits per heavy atom. The Balaban J connectivity index is 2.36. The van der Waals surface area contributed by atoms with Gasteiger partial charge in [-0.2, -0.15) is 0 Å². The van der Waals surface area contributed by atoms with Crippen molar-refractivity contribution in [3.63, 3.8) is 0 Å². The van der Waals surface area contributed by atoms with Gasteiger partial charge in [0.1, 0.15) is 0 Å². The summed E-state index contributed by atoms with van der Waals surface area (Å²) in [5.74, 6) is 0.0603. The molecule has 88 valence electrons. The highest BCUT2D eigenvalue weighted by atomic mass is 32.1. The van der Waals surface area contributed by atoms with Gasteiger partial charge >= 0.3 is 0 Å². The van der Waals surface area contributed by atoms with Gasteiger partial charge in [-0.15, -0.1) is 11.3 Å². The summed E-state index contributed by atoms with van der Waals surface area (Å²) in [6.45, 7) is 4.03. The normalized spacial score (nSPS) is 10.5. The van der Waals surface area contributed by atoms with E-state index in [2.05, 4.69) is 6.92 Å². The molecule has 0 aliphatic carbocycles. The van der Waals surface area contributed by atoms with Crippen LogP contribution >= 0.6 is 11.3 Å². The second kappa shape index (κ2) is 4.72. The number of aryl methyl sites for hydroxylation is 2. The summed E-state index contributed by atoms with van der Waals surface area (Å²) in [6.07, 6.45) is 0.966. The van der Waals surface area contributed by atoms with E-state index in [-0.39, 0.29) is 5.78 Å². The van der Waals surface area contributed by atoms with Crippen LogP contribution in [0.5, 0.6) is 0 Å². The van der Waals surface area contributed by atoms with Crippen LogP contribution in [0.1, 0.15) is 32.6 Å². The Morgan fingerprint density at radius 2 is 2.06 bits per heavy atom. The first-order valence-electron chi connectivity index (χ1n) is 5.60. The van der Waals surface area contributed by atoms with Crippen LogP contribution in [0.15, 0.2) is 30.3 Å². The van der Waals surface area contributed by atoms with E-state index in [1.165, 1.54) is 4.88 Å². The number of carbonyl (C=O) groups is 1. The van der Waals surface area contributed by atoms with Crippen LogP contribution in [0.25, 0.3) is 0 Å². The zero-order chi connectivity index (χ0) is 12.4. The molecule has 0 aliphatic heterocycles. The molecular formula is C14H15NOS. The first-order chi connectivity index (χ1) is 8.10. The van der Waals surface area contributed by atoms with Gasteiger partial charge in [-0.1, -0.05) is 6.92 Å². The van der Waals surface area contributed by atoms with Crippen LogP contribution in [0.4, 0.5) is 5.69 Å². The predicted molar refractivity (Wildman–Crippen MR) is 72.7 cm³/mol. The molecule has 0 unspecified atom stereocenters. The van der Waals surface area contributed by atoms with Gasteiger partial charge in [0.2, 0.25) is 5.78 Å². The number of benzene rings is 1. The Bertz CT molecular complexity index is 537. The molecule has 1 heterocycles. The molecule has 2 nitrogen and oxygen atoms in total. The molecule has 0 amide bonds. The van der Waals surface area contributed by atoms with Gasteiger partial charge in [-0.05, 0) is 49.2 Å². The summed E-state index contributed by atoms with van der Waals surface area (Å²) in [6, 6.07) is 9.38. The quantitative estimate of drug-likeness (QED) is 0.665. The van der Waals surface area contributed by atoms with E-state index in [4.69, 9.17) is 5.73 Å². The molecule has 2 N–H and O–H groups in total. The smallest absolute Gasteiger partial charge is 0.203 e. The molecule has 1 aromatic heterocycles. The Morgan fingerprint density at radius 3 is 2.65 bits per heavy atom. The number of anilines is 1. The molecule has 0 bridgehead atoms. The summed E-state index contributed by atoms with van der Waals surface area (Å²) >= 11 is 1.56. The Labute approximate surface area is 105 Å². The molecule has 3 heteroatoms. The van der Waals surface area contributed by atoms with Gasteiger partial charge < -0.3 is 5.73 Å². The first-order valence-corrected chi connectivity index (χ1v) is 6.42. The summed E-state index contributed by atoms with van der Waals surface area (Å²) in [7, 11) is 0. The minimum absolute atomic E-state index is 0.0603. The van der Waals surface area contributed by atoms with Crippen molar-refractivity contribution >= 4 is 22.8 Å². The fourth-order valence-electron chi connectivity index (χ4n) is 1.78. The van der Waals surface area contributed by atoms with Gasteiger partial charge in [0.25, 0.3) is 0 Å². The Hall–Kier alpha value is -1.61. The van der Waals surface area contributed by atoms with Crippen molar-refractivity contribution < 1.29 is 4.79 Å². The number of hydrogen-bond donors (Lipinski definition) is 1. The maximum absolute atomic E-state index is 12.2. The molecule has 2 aromatic rings. The minimum atomic E-state index is 0.0603. The second-order valence-corrected chi connectivity index (χ2v) is 5.25. The second-order valence-electron chi connectivity index (χ2n) is 4.08. The van der Waals surface area contributed by atoms with E-state index in [1.54, 1.807) is 17.4 Å². The van der Waals surface area contributed by atoms with Crippen molar-refractivity contribution in [3.05, 3.63) is 51.2 Å². The van der Waals surface area contributed by atoms with Crippen LogP contribution in [0.2, 0.25) is 0 Å². The van der Waals surface area contributed by atoms with Crippen LogP contribution in [-0.4, -0.2) is 5.78 Å². The third-order valence-corrected chi connectivity index (χ3v) is 3.82. The number of ketones is 1. The fourth-order valence-corrected chi connectivity index (χ4v) is 2.69. The number of thiophene rings is 1. The SMILES string of the molecule is CCc1ccc(C(=O)c2cc(C)cc(N)c2)s1. The maximum atomic E-state index is 12.2. The van der Waals surface area contributed by atoms with Crippen molar-refractivity contribution in [3.8, 4) is 0 Å². The molecule has 17 heavy (non-hydrogen) atoms. The average Bonchev–Trinajstić information content (AvgIpc) is 2.75. The predicted octanol–water partition coefficient (Wildman–Crippen LogP) is 3.43. The summed E-state index contributed by atoms with van der Waals surface area (Å²) < 4.78 is 0. The van der Waals surface area contributed by atoms with Crippen LogP contribution in [0, 0.1) is 6.92 Å². The third-order valence-electron chi connectivity index (χ3n) is 2.60. The molecule has 0 saturated heterocycles. The zero-order valence-electron chi connectivity index (χ0n) is 9.99. The summed E-state index contributed by atoms with van der Waals surface area (Å²) in [5, 5.41) is 0. The van der Waals surface area contributed by atoms with Crippen LogP contribution < -0.4 is 5.73 Å². The van der Waals surface area contributed by atoms with Crippen molar-refractivity contribution in [2.75, 3.05) is 5.73 Å². The van der Waals surface area contributed by atoms with Crippen molar-refractivity contribution in [1.82, 2.24) is 0 Å². The monoisotopic (exact) mass is 245 g/mol. The van der Waals surface area contributed by atoms with E-state index >= 15 is 0 Å². The van der Waals surface area contributed by atoms with Gasteiger partial charge in [-0.25, -0.2) is 0 Å². The average molecular weight is 245 g/mol. The van der Waals surface area contributed by atoms with Crippen molar-refractivity contribution in [2.24, 2.45) is 0 Å². The highest BCUT2D eigenvalue weighted by Gasteiger charge is 2.12. The van der Waals surface area contributed by atoms with E-state index < -0.39 is 0 Å². The third kappa shape index (κ3) is 2.56. The molecule has 0 atom stereocenters. The molecule has 0 radical (unpaired) electrons. The number of nitrogens with two attached hydrogens (primary N) is 1. The number of nitrogen functional groups attached to an aromatic ring is 1. The zero-order valence-corrected chi connectivity index (χ0v) is 10.8. The summed E-state index contributed by atoms with van der Waals surface area (Å²) in [4.78, 5) is 14.2. The lowest BCUT2D eigenvalue weighted by atomic mass is 10.1. The minimum Gasteiger partial charge on any atom is -0.399 e. The van der Waals surface area contributed by atoms with Crippen LogP contribution in [-0.2, 0) is 6.42 Å². The highest BCUT2D eigenvalue weighted by Crippen LogP contribution is 2.22. The summed E-state index contributed by atoms with van der Waals surface area (Å²) in [5.41, 5.74) is 8.08. The van der Waals surface area contributed by atoms with E-state index in [0.717, 1.165) is 16.9 Å². The van der Waals surface area contributed by atoms with Crippen molar-refractivity contribution in [2.45, 2.75) is 20.3 Å². The largest absolute Gasteiger partial charge is 0.399 e. The van der Waals surface area contributed by atoms with E-state index in [0.29, 0.717) is 11.3 Å². The topological polar surface area (TPSA) is 43.1 Å². The van der Waals surface area contributed by atoms with Crippen LogP contribution in [0.3, 0.4) is 0 Å². The van der Waals surface area contributed by atoms with E-state index in [1.807, 2.05) is 31.2 Å². The van der Waals surface area contributed by atoms with Crippen molar-refractivity contribution in [1.29, 1.82) is 0 Å². The highest BCUT2D eigenvalue weighted by molar-refractivity contribution is 7.14. The fraction of sp³-hybridized carbons (Fsp3) is 0.214. The number of hydrogen-bond acceptors (Lipinski definition) is 3. The lowest BCUT2D eigenvalue weighted by Gasteiger charge is -2.02. The van der Waals surface area contributed by atoms with Gasteiger partial charge in [0.05, 0.1) is 4.88 Å². The van der Waals surface area contributed by atoms with Gasteiger partial charge in [0.15, 0.2) is 0 Å². The lowest BCUT2D eigenvalue weighted by Crippen LogP contribution is -2.00. The van der Waals surface area contributed by atoms with Gasteiger partial charge in [0, 0.05) is 16.1 Å². The molecule has 0 saturated carbocycles. The maximum Gasteiger partial charge on any atom is 0.203 e. The van der Waals surface area contributed by atoms with E-state index in [9.17, 15) is 4.79 Å². The molecule has 0 fully saturated rings. The molecule has 0 spiro atoms. The molecule has 1 aromatic carbocycles. The number of carbonyl (C=O) groups excluding carboxylic acids is 1. The first kappa shape index (κ1) is 11.9. The number of rotatable bonds is 3. The molecular weight excluding hydrogens is 230 g/mol. The standard InChI is InChI=1S/C14H15NOS/c1-3-12-4-5-13(17-12)14(16)10-6-9(2)7-11(15)8-10/h4-8H,3,15H2,1-2H3. The van der Waals surface area contributed by atoms with Gasteiger partial charge in [-0.3, -0.25) is 4.79 Å². The molecule has 2 rings (SSSR count). The Kier molecular flexibility index (Phi) is 3.29. The lowest BCUT2D eigenvalue weighted by molar-refractivity contribution is 0.104. The molecule has 0 aliphatic rings.